The van der Waals surface area contributed by atoms with Gasteiger partial charge < -0.3 is 10.5 Å². The lowest BCUT2D eigenvalue weighted by Crippen LogP contribution is -2.12. The molecule has 0 amide bonds. The third-order valence-corrected chi connectivity index (χ3v) is 3.07. The molecule has 0 saturated heterocycles. The molecule has 2 nitrogen and oxygen atoms in total. The lowest BCUT2D eigenvalue weighted by molar-refractivity contribution is -0.137. The van der Waals surface area contributed by atoms with Gasteiger partial charge in [-0.1, -0.05) is 24.3 Å². The van der Waals surface area contributed by atoms with Crippen LogP contribution in [0.15, 0.2) is 48.5 Å². The molecule has 0 aliphatic rings. The van der Waals surface area contributed by atoms with Gasteiger partial charge in [-0.15, -0.1) is 0 Å². The van der Waals surface area contributed by atoms with Crippen LogP contribution in [0.4, 0.5) is 13.2 Å². The zero-order valence-electron chi connectivity index (χ0n) is 10.8. The van der Waals surface area contributed by atoms with Gasteiger partial charge in [0.25, 0.3) is 0 Å². The third kappa shape index (κ3) is 3.11. The van der Waals surface area contributed by atoms with Crippen molar-refractivity contribution in [1.29, 1.82) is 0 Å². The zero-order valence-corrected chi connectivity index (χ0v) is 10.8. The lowest BCUT2D eigenvalue weighted by Gasteiger charge is -2.14. The van der Waals surface area contributed by atoms with E-state index in [1.54, 1.807) is 31.4 Å². The van der Waals surface area contributed by atoms with E-state index in [0.717, 1.165) is 17.7 Å². The maximum absolute atomic E-state index is 12.5. The molecule has 0 radical (unpaired) electrons. The van der Waals surface area contributed by atoms with E-state index < -0.39 is 17.8 Å². The minimum absolute atomic E-state index is 0.469. The molecular weight excluding hydrogens is 267 g/mol. The van der Waals surface area contributed by atoms with Crippen molar-refractivity contribution in [3.63, 3.8) is 0 Å². The number of methoxy groups -OCH3 is 1. The fraction of sp³-hybridized carbons (Fsp3) is 0.200. The second-order valence-electron chi connectivity index (χ2n) is 4.37. The molecule has 0 saturated carbocycles. The van der Waals surface area contributed by atoms with Crippen molar-refractivity contribution in [3.05, 3.63) is 65.2 Å². The van der Waals surface area contributed by atoms with Crippen molar-refractivity contribution >= 4 is 0 Å². The summed E-state index contributed by atoms with van der Waals surface area (Å²) in [7, 11) is 1.56. The molecule has 1 atom stereocenters. The van der Waals surface area contributed by atoms with Gasteiger partial charge in [0.05, 0.1) is 18.7 Å². The number of hydrogen-bond acceptors (Lipinski definition) is 2. The molecular formula is C15H14F3NO. The highest BCUT2D eigenvalue weighted by atomic mass is 19.4. The Morgan fingerprint density at radius 3 is 1.75 bits per heavy atom. The summed E-state index contributed by atoms with van der Waals surface area (Å²) >= 11 is 0. The zero-order chi connectivity index (χ0) is 14.8. The van der Waals surface area contributed by atoms with Crippen LogP contribution < -0.4 is 10.5 Å². The number of benzene rings is 2. The highest BCUT2D eigenvalue weighted by molar-refractivity contribution is 5.36. The molecule has 0 aromatic heterocycles. The van der Waals surface area contributed by atoms with Crippen LogP contribution in [-0.2, 0) is 6.18 Å². The van der Waals surface area contributed by atoms with E-state index >= 15 is 0 Å². The molecule has 0 aliphatic heterocycles. The van der Waals surface area contributed by atoms with E-state index in [9.17, 15) is 13.2 Å². The van der Waals surface area contributed by atoms with Gasteiger partial charge in [-0.2, -0.15) is 13.2 Å². The van der Waals surface area contributed by atoms with E-state index in [1.807, 2.05) is 0 Å². The monoisotopic (exact) mass is 281 g/mol. The van der Waals surface area contributed by atoms with Crippen LogP contribution >= 0.6 is 0 Å². The predicted molar refractivity (Wildman–Crippen MR) is 70.5 cm³/mol. The second kappa shape index (κ2) is 5.54. The molecule has 0 bridgehead atoms. The Hall–Kier alpha value is -2.01. The fourth-order valence-electron chi connectivity index (χ4n) is 1.88. The first-order valence-corrected chi connectivity index (χ1v) is 5.98. The molecule has 0 spiro atoms. The average Bonchev–Trinajstić information content (AvgIpc) is 2.46. The van der Waals surface area contributed by atoms with Crippen molar-refractivity contribution in [2.75, 3.05) is 7.11 Å². The molecule has 106 valence electrons. The van der Waals surface area contributed by atoms with Gasteiger partial charge >= 0.3 is 6.18 Å². The van der Waals surface area contributed by atoms with Gasteiger partial charge in [0.15, 0.2) is 0 Å². The summed E-state index contributed by atoms with van der Waals surface area (Å²) in [5.74, 6) is 0.702. The highest BCUT2D eigenvalue weighted by Crippen LogP contribution is 2.30. The smallest absolute Gasteiger partial charge is 0.416 e. The summed E-state index contributed by atoms with van der Waals surface area (Å²) in [5.41, 5.74) is 6.81. The van der Waals surface area contributed by atoms with E-state index in [-0.39, 0.29) is 0 Å². The number of halogens is 3. The number of ether oxygens (including phenoxy) is 1. The number of rotatable bonds is 3. The molecule has 2 rings (SSSR count). The van der Waals surface area contributed by atoms with E-state index in [2.05, 4.69) is 0 Å². The van der Waals surface area contributed by atoms with Gasteiger partial charge in [0.2, 0.25) is 0 Å². The quantitative estimate of drug-likeness (QED) is 0.929. The summed E-state index contributed by atoms with van der Waals surface area (Å²) < 4.78 is 42.5. The van der Waals surface area contributed by atoms with Crippen LogP contribution in [0.5, 0.6) is 5.75 Å². The van der Waals surface area contributed by atoms with Crippen molar-refractivity contribution < 1.29 is 17.9 Å². The molecule has 20 heavy (non-hydrogen) atoms. The van der Waals surface area contributed by atoms with Gasteiger partial charge in [-0.3, -0.25) is 0 Å². The minimum Gasteiger partial charge on any atom is -0.497 e. The Kier molecular flexibility index (Phi) is 3.99. The standard InChI is InChI=1S/C15H14F3NO/c1-20-13-8-4-11(5-9-13)14(19)10-2-6-12(7-3-10)15(16,17)18/h2-9,14H,19H2,1H3/t14-/m0/s1. The first-order chi connectivity index (χ1) is 9.41. The molecule has 0 aliphatic carbocycles. The van der Waals surface area contributed by atoms with Gasteiger partial charge in [0, 0.05) is 0 Å². The Labute approximate surface area is 115 Å². The van der Waals surface area contributed by atoms with Crippen LogP contribution in [-0.4, -0.2) is 7.11 Å². The molecule has 0 heterocycles. The third-order valence-electron chi connectivity index (χ3n) is 3.07. The maximum atomic E-state index is 12.5. The minimum atomic E-state index is -4.33. The van der Waals surface area contributed by atoms with Crippen LogP contribution in [0.1, 0.15) is 22.7 Å². The highest BCUT2D eigenvalue weighted by Gasteiger charge is 2.30. The van der Waals surface area contributed by atoms with Crippen molar-refractivity contribution in [2.24, 2.45) is 5.73 Å². The Balaban J connectivity index is 2.22. The maximum Gasteiger partial charge on any atom is 0.416 e. The number of nitrogens with two attached hydrogens (primary N) is 1. The van der Waals surface area contributed by atoms with Crippen LogP contribution in [0.3, 0.4) is 0 Å². The topological polar surface area (TPSA) is 35.2 Å². The van der Waals surface area contributed by atoms with Crippen molar-refractivity contribution in [1.82, 2.24) is 0 Å². The Morgan fingerprint density at radius 2 is 1.35 bits per heavy atom. The van der Waals surface area contributed by atoms with Gasteiger partial charge in [-0.25, -0.2) is 0 Å². The molecule has 0 fully saturated rings. The van der Waals surface area contributed by atoms with Gasteiger partial charge in [-0.05, 0) is 35.4 Å². The first-order valence-electron chi connectivity index (χ1n) is 5.98. The molecule has 2 N–H and O–H groups in total. The van der Waals surface area contributed by atoms with E-state index in [4.69, 9.17) is 10.5 Å². The van der Waals surface area contributed by atoms with Crippen molar-refractivity contribution in [2.45, 2.75) is 12.2 Å². The summed E-state index contributed by atoms with van der Waals surface area (Å²) in [4.78, 5) is 0. The lowest BCUT2D eigenvalue weighted by atomic mass is 9.98. The SMILES string of the molecule is COc1ccc([C@@H](N)c2ccc(C(F)(F)F)cc2)cc1. The Bertz CT molecular complexity index is 561. The predicted octanol–water partition coefficient (Wildman–Crippen LogP) is 3.76. The summed E-state index contributed by atoms with van der Waals surface area (Å²) in [5, 5.41) is 0. The molecule has 5 heteroatoms. The normalized spacial score (nSPS) is 13.1. The van der Waals surface area contributed by atoms with Crippen molar-refractivity contribution in [3.8, 4) is 5.75 Å². The van der Waals surface area contributed by atoms with E-state index in [0.29, 0.717) is 11.3 Å². The van der Waals surface area contributed by atoms with Crippen LogP contribution in [0.2, 0.25) is 0 Å². The summed E-state index contributed by atoms with van der Waals surface area (Å²) in [6.45, 7) is 0. The molecule has 0 unspecified atom stereocenters. The van der Waals surface area contributed by atoms with Crippen LogP contribution in [0.25, 0.3) is 0 Å². The Morgan fingerprint density at radius 1 is 0.900 bits per heavy atom. The molecule has 2 aromatic rings. The largest absolute Gasteiger partial charge is 0.497 e. The first kappa shape index (κ1) is 14.4. The van der Waals surface area contributed by atoms with E-state index in [1.165, 1.54) is 12.1 Å². The number of hydrogen-bond donors (Lipinski definition) is 1. The molecule has 2 aromatic carbocycles. The summed E-state index contributed by atoms with van der Waals surface area (Å²) in [6.07, 6.45) is -4.33. The number of alkyl halides is 3. The fourth-order valence-corrected chi connectivity index (χ4v) is 1.88. The second-order valence-corrected chi connectivity index (χ2v) is 4.37. The average molecular weight is 281 g/mol. The van der Waals surface area contributed by atoms with Crippen LogP contribution in [0, 0.1) is 0 Å². The van der Waals surface area contributed by atoms with Gasteiger partial charge in [0.1, 0.15) is 5.75 Å². The summed E-state index contributed by atoms with van der Waals surface area (Å²) in [6, 6.07) is 11.5.